The summed E-state index contributed by atoms with van der Waals surface area (Å²) < 4.78 is 1.83. The van der Waals surface area contributed by atoms with Crippen LogP contribution in [0.25, 0.3) is 11.3 Å². The van der Waals surface area contributed by atoms with Crippen molar-refractivity contribution in [1.29, 1.82) is 0 Å². The minimum atomic E-state index is -0.0182. The number of rotatable bonds is 3. The van der Waals surface area contributed by atoms with Gasteiger partial charge in [-0.05, 0) is 38.7 Å². The van der Waals surface area contributed by atoms with E-state index in [2.05, 4.69) is 22.2 Å². The molecule has 0 saturated carbocycles. The smallest absolute Gasteiger partial charge is 0.272 e. The Kier molecular flexibility index (Phi) is 4.45. The molecule has 1 aliphatic heterocycles. The summed E-state index contributed by atoms with van der Waals surface area (Å²) in [5, 5.41) is 11.7. The summed E-state index contributed by atoms with van der Waals surface area (Å²) in [7, 11) is 1.91. The Morgan fingerprint density at radius 1 is 1.46 bits per heavy atom. The Morgan fingerprint density at radius 2 is 2.21 bits per heavy atom. The zero-order valence-electron chi connectivity index (χ0n) is 14.8. The van der Waals surface area contributed by atoms with Crippen molar-refractivity contribution in [1.82, 2.24) is 24.9 Å². The van der Waals surface area contributed by atoms with Crippen LogP contribution in [0.5, 0.6) is 0 Å². The number of hydrogen-bond acceptors (Lipinski definition) is 4. The zero-order valence-corrected chi connectivity index (χ0v) is 14.8. The first-order valence-corrected chi connectivity index (χ1v) is 8.49. The average molecular weight is 330 g/mol. The molecule has 3 N–H and O–H groups in total. The van der Waals surface area contributed by atoms with Crippen LogP contribution in [-0.4, -0.2) is 49.9 Å². The minimum absolute atomic E-state index is 0.0182. The molecule has 130 valence electrons. The number of aromatic nitrogens is 4. The lowest BCUT2D eigenvalue weighted by Crippen LogP contribution is -2.49. The third kappa shape index (κ3) is 2.84. The van der Waals surface area contributed by atoms with Crippen LogP contribution in [0.3, 0.4) is 0 Å². The quantitative estimate of drug-likeness (QED) is 0.894. The largest absolute Gasteiger partial charge is 0.333 e. The van der Waals surface area contributed by atoms with Crippen molar-refractivity contribution in [3.63, 3.8) is 0 Å². The molecule has 0 aromatic carbocycles. The number of nitrogens with two attached hydrogens (primary N) is 1. The van der Waals surface area contributed by atoms with Gasteiger partial charge in [-0.3, -0.25) is 14.6 Å². The summed E-state index contributed by atoms with van der Waals surface area (Å²) >= 11 is 0. The Bertz CT molecular complexity index is 746. The molecular formula is C17H26N6O. The van der Waals surface area contributed by atoms with Crippen molar-refractivity contribution in [2.24, 2.45) is 18.7 Å². The number of hydrogen-bond donors (Lipinski definition) is 2. The van der Waals surface area contributed by atoms with Crippen LogP contribution in [0.2, 0.25) is 0 Å². The van der Waals surface area contributed by atoms with E-state index in [0.29, 0.717) is 18.2 Å². The second kappa shape index (κ2) is 6.39. The van der Waals surface area contributed by atoms with E-state index < -0.39 is 0 Å². The van der Waals surface area contributed by atoms with Gasteiger partial charge < -0.3 is 10.6 Å². The van der Waals surface area contributed by atoms with Gasteiger partial charge in [0.25, 0.3) is 5.91 Å². The highest BCUT2D eigenvalue weighted by Crippen LogP contribution is 2.27. The topological polar surface area (TPSA) is 92.8 Å². The molecule has 1 aliphatic rings. The number of H-pyrrole nitrogens is 1. The molecule has 2 aromatic rings. The van der Waals surface area contributed by atoms with E-state index in [0.717, 1.165) is 42.0 Å². The molecule has 0 aliphatic carbocycles. The van der Waals surface area contributed by atoms with Crippen LogP contribution in [0.15, 0.2) is 6.07 Å². The van der Waals surface area contributed by atoms with Crippen molar-refractivity contribution >= 4 is 5.91 Å². The number of carbonyl (C=O) groups excluding carboxylic acids is 1. The number of carbonyl (C=O) groups is 1. The number of nitrogens with zero attached hydrogens (tertiary/aromatic N) is 4. The minimum Gasteiger partial charge on any atom is -0.333 e. The highest BCUT2D eigenvalue weighted by molar-refractivity contribution is 5.93. The van der Waals surface area contributed by atoms with E-state index >= 15 is 0 Å². The Labute approximate surface area is 142 Å². The van der Waals surface area contributed by atoms with Gasteiger partial charge in [-0.25, -0.2) is 0 Å². The van der Waals surface area contributed by atoms with Crippen molar-refractivity contribution in [3.8, 4) is 11.3 Å². The molecule has 3 heterocycles. The Hall–Kier alpha value is -2.15. The number of amides is 1. The molecule has 1 amide bonds. The fourth-order valence-electron chi connectivity index (χ4n) is 3.60. The maximum Gasteiger partial charge on any atom is 0.272 e. The van der Waals surface area contributed by atoms with Crippen LogP contribution in [0, 0.1) is 19.8 Å². The predicted molar refractivity (Wildman–Crippen MR) is 92.5 cm³/mol. The van der Waals surface area contributed by atoms with Crippen molar-refractivity contribution in [2.45, 2.75) is 39.7 Å². The number of aromatic amines is 1. The first-order chi connectivity index (χ1) is 11.4. The molecule has 7 nitrogen and oxygen atoms in total. The van der Waals surface area contributed by atoms with Gasteiger partial charge in [0.2, 0.25) is 0 Å². The second-order valence-corrected chi connectivity index (χ2v) is 6.85. The van der Waals surface area contributed by atoms with Crippen LogP contribution in [-0.2, 0) is 7.05 Å². The molecule has 0 spiro atoms. The summed E-state index contributed by atoms with van der Waals surface area (Å²) in [5.74, 6) is 0.593. The molecule has 2 atom stereocenters. The van der Waals surface area contributed by atoms with Crippen molar-refractivity contribution < 1.29 is 4.79 Å². The third-order valence-electron chi connectivity index (χ3n) is 5.08. The maximum atomic E-state index is 12.9. The number of piperidine rings is 1. The average Bonchev–Trinajstić information content (AvgIpc) is 3.12. The van der Waals surface area contributed by atoms with E-state index in [-0.39, 0.29) is 11.9 Å². The molecular weight excluding hydrogens is 304 g/mol. The van der Waals surface area contributed by atoms with Crippen LogP contribution >= 0.6 is 0 Å². The van der Waals surface area contributed by atoms with E-state index in [1.807, 2.05) is 36.5 Å². The standard InChI is InChI=1S/C17H26N6O/c1-10-5-6-23(13(7-10)9-18)17(24)15-8-14(19-20-15)16-11(2)21-22(4)12(16)3/h8,10,13H,5-7,9,18H2,1-4H3,(H,19,20). The van der Waals surface area contributed by atoms with Gasteiger partial charge in [0.15, 0.2) is 0 Å². The van der Waals surface area contributed by atoms with Crippen molar-refractivity contribution in [2.75, 3.05) is 13.1 Å². The Morgan fingerprint density at radius 3 is 2.83 bits per heavy atom. The summed E-state index contributed by atoms with van der Waals surface area (Å²) in [6.45, 7) is 7.42. The van der Waals surface area contributed by atoms with Gasteiger partial charge in [-0.15, -0.1) is 0 Å². The molecule has 1 fully saturated rings. The molecule has 2 unspecified atom stereocenters. The fourth-order valence-corrected chi connectivity index (χ4v) is 3.60. The molecule has 0 bridgehead atoms. The van der Waals surface area contributed by atoms with Gasteiger partial charge >= 0.3 is 0 Å². The molecule has 2 aromatic heterocycles. The zero-order chi connectivity index (χ0) is 17.4. The lowest BCUT2D eigenvalue weighted by Gasteiger charge is -2.37. The molecule has 24 heavy (non-hydrogen) atoms. The van der Waals surface area contributed by atoms with Gasteiger partial charge in [0.05, 0.1) is 11.4 Å². The van der Waals surface area contributed by atoms with E-state index in [9.17, 15) is 4.79 Å². The summed E-state index contributed by atoms with van der Waals surface area (Å²) in [6.07, 6.45) is 1.98. The maximum absolute atomic E-state index is 12.9. The normalized spacial score (nSPS) is 21.3. The van der Waals surface area contributed by atoms with Crippen LogP contribution in [0.1, 0.15) is 41.6 Å². The Balaban J connectivity index is 1.86. The van der Waals surface area contributed by atoms with E-state index in [1.165, 1.54) is 0 Å². The summed E-state index contributed by atoms with van der Waals surface area (Å²) in [4.78, 5) is 14.8. The molecule has 3 rings (SSSR count). The monoisotopic (exact) mass is 330 g/mol. The van der Waals surface area contributed by atoms with Gasteiger partial charge in [0, 0.05) is 37.4 Å². The molecule has 1 saturated heterocycles. The first-order valence-electron chi connectivity index (χ1n) is 8.49. The lowest BCUT2D eigenvalue weighted by atomic mass is 9.92. The third-order valence-corrected chi connectivity index (χ3v) is 5.08. The number of nitrogens with one attached hydrogen (secondary N) is 1. The summed E-state index contributed by atoms with van der Waals surface area (Å²) in [5.41, 5.74) is 10.1. The van der Waals surface area contributed by atoms with Gasteiger partial charge in [0.1, 0.15) is 5.69 Å². The van der Waals surface area contributed by atoms with E-state index in [1.54, 1.807) is 0 Å². The lowest BCUT2D eigenvalue weighted by molar-refractivity contribution is 0.0567. The first kappa shape index (κ1) is 16.7. The van der Waals surface area contributed by atoms with Crippen LogP contribution < -0.4 is 5.73 Å². The SMILES string of the molecule is Cc1nn(C)c(C)c1-c1cc(C(=O)N2CCC(C)CC2CN)[nH]n1. The van der Waals surface area contributed by atoms with Gasteiger partial charge in [-0.1, -0.05) is 6.92 Å². The molecule has 7 heteroatoms. The number of likely N-dealkylation sites (tertiary alicyclic amines) is 1. The second-order valence-electron chi connectivity index (χ2n) is 6.85. The van der Waals surface area contributed by atoms with Crippen molar-refractivity contribution in [3.05, 3.63) is 23.1 Å². The highest BCUT2D eigenvalue weighted by atomic mass is 16.2. The van der Waals surface area contributed by atoms with Crippen LogP contribution in [0.4, 0.5) is 0 Å². The van der Waals surface area contributed by atoms with E-state index in [4.69, 9.17) is 5.73 Å². The fraction of sp³-hybridized carbons (Fsp3) is 0.588. The predicted octanol–water partition coefficient (Wildman–Crippen LogP) is 1.63. The summed E-state index contributed by atoms with van der Waals surface area (Å²) in [6, 6.07) is 1.93. The van der Waals surface area contributed by atoms with Gasteiger partial charge in [-0.2, -0.15) is 10.2 Å². The molecule has 0 radical (unpaired) electrons. The number of aryl methyl sites for hydroxylation is 2. The highest BCUT2D eigenvalue weighted by Gasteiger charge is 2.30.